The standard InChI is InChI=1S/C21H20BrN3O2S/c1-25(2)9-3-8-23-20(26)12-4-7-16-15(10-12)18-14-6-5-13(22)11-17(14)28-19(18)21(27)24-16/h4-7,10-11H,3,8-9H2,1-2H3,(H,23,26)(H,24,27). The first-order valence-electron chi connectivity index (χ1n) is 9.05. The normalized spacial score (nSPS) is 11.7. The van der Waals surface area contributed by atoms with Gasteiger partial charge in [-0.25, -0.2) is 0 Å². The molecule has 2 aromatic carbocycles. The monoisotopic (exact) mass is 457 g/mol. The number of hydrogen-bond acceptors (Lipinski definition) is 4. The van der Waals surface area contributed by atoms with Crippen molar-refractivity contribution in [2.24, 2.45) is 0 Å². The van der Waals surface area contributed by atoms with Crippen molar-refractivity contribution < 1.29 is 4.79 Å². The second-order valence-electron chi connectivity index (χ2n) is 7.07. The smallest absolute Gasteiger partial charge is 0.266 e. The van der Waals surface area contributed by atoms with Gasteiger partial charge >= 0.3 is 0 Å². The molecule has 0 aliphatic heterocycles. The van der Waals surface area contributed by atoms with Gasteiger partial charge in [-0.3, -0.25) is 9.59 Å². The molecule has 0 spiro atoms. The first-order valence-corrected chi connectivity index (χ1v) is 10.7. The van der Waals surface area contributed by atoms with Crippen LogP contribution in [0.1, 0.15) is 16.8 Å². The molecule has 2 heterocycles. The molecular weight excluding hydrogens is 438 g/mol. The van der Waals surface area contributed by atoms with E-state index < -0.39 is 0 Å². The third-order valence-corrected chi connectivity index (χ3v) is 6.37. The number of H-pyrrole nitrogens is 1. The van der Waals surface area contributed by atoms with Crippen LogP contribution in [-0.2, 0) is 0 Å². The Morgan fingerprint density at radius 2 is 2.00 bits per heavy atom. The van der Waals surface area contributed by atoms with Gasteiger partial charge in [0.15, 0.2) is 0 Å². The SMILES string of the molecule is CN(C)CCCNC(=O)c1ccc2[nH]c(=O)c3sc4cc(Br)ccc4c3c2c1. The van der Waals surface area contributed by atoms with Gasteiger partial charge in [0.2, 0.25) is 0 Å². The second-order valence-corrected chi connectivity index (χ2v) is 9.04. The third-order valence-electron chi connectivity index (χ3n) is 4.73. The lowest BCUT2D eigenvalue weighted by Crippen LogP contribution is -2.27. The average Bonchev–Trinajstić information content (AvgIpc) is 3.04. The minimum absolute atomic E-state index is 0.0951. The van der Waals surface area contributed by atoms with E-state index in [0.717, 1.165) is 43.8 Å². The molecule has 0 radical (unpaired) electrons. The number of aromatic nitrogens is 1. The summed E-state index contributed by atoms with van der Waals surface area (Å²) in [4.78, 5) is 30.2. The van der Waals surface area contributed by atoms with E-state index >= 15 is 0 Å². The summed E-state index contributed by atoms with van der Waals surface area (Å²) < 4.78 is 2.70. The number of amides is 1. The molecule has 0 aliphatic rings. The van der Waals surface area contributed by atoms with E-state index in [2.05, 4.69) is 31.1 Å². The number of pyridine rings is 1. The van der Waals surface area contributed by atoms with Crippen LogP contribution in [0.3, 0.4) is 0 Å². The lowest BCUT2D eigenvalue weighted by Gasteiger charge is -2.10. The molecular formula is C21H20BrN3O2S. The summed E-state index contributed by atoms with van der Waals surface area (Å²) in [7, 11) is 4.03. The first-order chi connectivity index (χ1) is 13.4. The average molecular weight is 458 g/mol. The number of nitrogens with zero attached hydrogens (tertiary/aromatic N) is 1. The van der Waals surface area contributed by atoms with Crippen LogP contribution in [0.4, 0.5) is 0 Å². The molecule has 1 amide bonds. The van der Waals surface area contributed by atoms with E-state index in [1.54, 1.807) is 6.07 Å². The molecule has 0 fully saturated rings. The second kappa shape index (κ2) is 7.66. The number of carbonyl (C=O) groups excluding carboxylic acids is 1. The highest BCUT2D eigenvalue weighted by atomic mass is 79.9. The Bertz CT molecular complexity index is 1260. The molecule has 2 N–H and O–H groups in total. The number of rotatable bonds is 5. The number of halogens is 1. The molecule has 0 saturated carbocycles. The van der Waals surface area contributed by atoms with Crippen LogP contribution in [0.2, 0.25) is 0 Å². The summed E-state index contributed by atoms with van der Waals surface area (Å²) in [6, 6.07) is 11.5. The van der Waals surface area contributed by atoms with Gasteiger partial charge in [0.05, 0.1) is 0 Å². The topological polar surface area (TPSA) is 65.2 Å². The molecule has 0 bridgehead atoms. The fourth-order valence-corrected chi connectivity index (χ4v) is 5.04. The van der Waals surface area contributed by atoms with E-state index in [0.29, 0.717) is 16.8 Å². The number of hydrogen-bond donors (Lipinski definition) is 2. The maximum atomic E-state index is 12.6. The molecule has 4 rings (SSSR count). The summed E-state index contributed by atoms with van der Waals surface area (Å²) in [5.41, 5.74) is 1.24. The predicted molar refractivity (Wildman–Crippen MR) is 121 cm³/mol. The van der Waals surface area contributed by atoms with Gasteiger partial charge in [-0.2, -0.15) is 0 Å². The first kappa shape index (κ1) is 19.1. The zero-order valence-corrected chi connectivity index (χ0v) is 18.0. The number of benzene rings is 2. The number of nitrogens with one attached hydrogen (secondary N) is 2. The van der Waals surface area contributed by atoms with Crippen LogP contribution in [0.5, 0.6) is 0 Å². The van der Waals surface area contributed by atoms with Crippen molar-refractivity contribution in [1.82, 2.24) is 15.2 Å². The lowest BCUT2D eigenvalue weighted by atomic mass is 10.0. The molecule has 0 aliphatic carbocycles. The Hall–Kier alpha value is -2.22. The van der Waals surface area contributed by atoms with Crippen molar-refractivity contribution in [3.05, 3.63) is 56.8 Å². The molecule has 28 heavy (non-hydrogen) atoms. The predicted octanol–water partition coefficient (Wildman–Crippen LogP) is 4.34. The fraction of sp³-hybridized carbons (Fsp3) is 0.238. The summed E-state index contributed by atoms with van der Waals surface area (Å²) >= 11 is 4.96. The zero-order chi connectivity index (χ0) is 19.8. The van der Waals surface area contributed by atoms with Crippen LogP contribution in [0.25, 0.3) is 31.1 Å². The Balaban J connectivity index is 1.78. The minimum Gasteiger partial charge on any atom is -0.352 e. The number of carbonyl (C=O) groups is 1. The van der Waals surface area contributed by atoms with Crippen LogP contribution < -0.4 is 10.9 Å². The minimum atomic E-state index is -0.0966. The summed E-state index contributed by atoms with van der Waals surface area (Å²) in [6.07, 6.45) is 0.897. The van der Waals surface area contributed by atoms with Gasteiger partial charge in [0.25, 0.3) is 11.5 Å². The van der Waals surface area contributed by atoms with Crippen LogP contribution in [0, 0.1) is 0 Å². The van der Waals surface area contributed by atoms with Crippen molar-refractivity contribution in [2.75, 3.05) is 27.2 Å². The summed E-state index contributed by atoms with van der Waals surface area (Å²) in [6.45, 7) is 1.56. The number of fused-ring (bicyclic) bond motifs is 5. The van der Waals surface area contributed by atoms with Gasteiger partial charge in [-0.05, 0) is 57.4 Å². The zero-order valence-electron chi connectivity index (χ0n) is 15.6. The van der Waals surface area contributed by atoms with Crippen LogP contribution >= 0.6 is 27.3 Å². The van der Waals surface area contributed by atoms with Crippen molar-refractivity contribution in [2.45, 2.75) is 6.42 Å². The lowest BCUT2D eigenvalue weighted by molar-refractivity contribution is 0.0952. The van der Waals surface area contributed by atoms with Crippen LogP contribution in [-0.4, -0.2) is 43.0 Å². The van der Waals surface area contributed by atoms with Crippen molar-refractivity contribution in [3.8, 4) is 0 Å². The fourth-order valence-electron chi connectivity index (χ4n) is 3.38. The van der Waals surface area contributed by atoms with Gasteiger partial charge < -0.3 is 15.2 Å². The van der Waals surface area contributed by atoms with Crippen molar-refractivity contribution in [3.63, 3.8) is 0 Å². The molecule has 7 heteroatoms. The number of aromatic amines is 1. The quantitative estimate of drug-likeness (QED) is 0.438. The maximum Gasteiger partial charge on any atom is 0.266 e. The van der Waals surface area contributed by atoms with Crippen LogP contribution in [0.15, 0.2) is 45.7 Å². The van der Waals surface area contributed by atoms with Gasteiger partial charge in [0.1, 0.15) is 4.70 Å². The largest absolute Gasteiger partial charge is 0.352 e. The molecule has 2 aromatic heterocycles. The summed E-state index contributed by atoms with van der Waals surface area (Å²) in [5.74, 6) is -0.0951. The molecule has 5 nitrogen and oxygen atoms in total. The third kappa shape index (κ3) is 3.57. The number of thiophene rings is 1. The molecule has 0 saturated heterocycles. The Morgan fingerprint density at radius 3 is 2.79 bits per heavy atom. The Labute approximate surface area is 174 Å². The maximum absolute atomic E-state index is 12.6. The molecule has 4 aromatic rings. The van der Waals surface area contributed by atoms with E-state index in [4.69, 9.17) is 0 Å². The highest BCUT2D eigenvalue weighted by Gasteiger charge is 2.14. The molecule has 0 unspecified atom stereocenters. The highest BCUT2D eigenvalue weighted by Crippen LogP contribution is 2.37. The van der Waals surface area contributed by atoms with E-state index in [-0.39, 0.29) is 11.5 Å². The Morgan fingerprint density at radius 1 is 1.18 bits per heavy atom. The van der Waals surface area contributed by atoms with E-state index in [9.17, 15) is 9.59 Å². The molecule has 0 atom stereocenters. The van der Waals surface area contributed by atoms with E-state index in [1.165, 1.54) is 11.3 Å². The van der Waals surface area contributed by atoms with Crippen molar-refractivity contribution in [1.29, 1.82) is 0 Å². The summed E-state index contributed by atoms with van der Waals surface area (Å²) in [5, 5.41) is 5.81. The van der Waals surface area contributed by atoms with E-state index in [1.807, 2.05) is 44.4 Å². The highest BCUT2D eigenvalue weighted by molar-refractivity contribution is 9.10. The van der Waals surface area contributed by atoms with Gasteiger partial charge in [0, 0.05) is 43.0 Å². The van der Waals surface area contributed by atoms with Gasteiger partial charge in [-0.15, -0.1) is 11.3 Å². The van der Waals surface area contributed by atoms with Crippen molar-refractivity contribution >= 4 is 64.2 Å². The molecule has 144 valence electrons. The van der Waals surface area contributed by atoms with Gasteiger partial charge in [-0.1, -0.05) is 22.0 Å². The Kier molecular flexibility index (Phi) is 5.23.